The number of hydrogen-bond donors (Lipinski definition) is 5. The number of unbranched alkanes of at least 4 members (excludes halogenated alkanes) is 3. The lowest BCUT2D eigenvalue weighted by Gasteiger charge is -2.24. The van der Waals surface area contributed by atoms with Gasteiger partial charge in [0.2, 0.25) is 5.89 Å². The maximum atomic E-state index is 10.7. The number of aliphatic hydroxyl groups is 3. The molecular formula is C17H29N3O6. The molecule has 0 aliphatic heterocycles. The summed E-state index contributed by atoms with van der Waals surface area (Å²) in [5.74, 6) is -0.0588. The van der Waals surface area contributed by atoms with E-state index in [9.17, 15) is 20.1 Å². The zero-order valence-electron chi connectivity index (χ0n) is 15.0. The highest BCUT2D eigenvalue weighted by Gasteiger charge is 2.32. The second-order valence-electron chi connectivity index (χ2n) is 6.18. The van der Waals surface area contributed by atoms with Gasteiger partial charge in [-0.3, -0.25) is 4.79 Å². The number of carbonyl (C=O) groups is 1. The fourth-order valence-electron chi connectivity index (χ4n) is 2.33. The van der Waals surface area contributed by atoms with Gasteiger partial charge >= 0.3 is 5.97 Å². The first-order chi connectivity index (χ1) is 12.4. The average Bonchev–Trinajstić information content (AvgIpc) is 3.09. The van der Waals surface area contributed by atoms with Crippen molar-refractivity contribution < 1.29 is 29.7 Å². The summed E-state index contributed by atoms with van der Waals surface area (Å²) < 4.78 is 5.11. The molecule has 4 unspecified atom stereocenters. The second kappa shape index (κ2) is 11.7. The Kier molecular flexibility index (Phi) is 10.0. The number of aliphatic carboxylic acids is 1. The first-order valence-electron chi connectivity index (χ1n) is 8.85. The number of aryl methyl sites for hydroxylation is 2. The number of carboxylic acid groups (broad SMARTS) is 1. The summed E-state index contributed by atoms with van der Waals surface area (Å²) in [5, 5.41) is 41.6. The van der Waals surface area contributed by atoms with Crippen molar-refractivity contribution in [2.45, 2.75) is 76.2 Å². The van der Waals surface area contributed by atoms with Crippen molar-refractivity contribution in [3.63, 3.8) is 0 Å². The zero-order chi connectivity index (χ0) is 19.5. The summed E-state index contributed by atoms with van der Waals surface area (Å²) in [7, 11) is 0. The van der Waals surface area contributed by atoms with Crippen molar-refractivity contribution in [2.75, 3.05) is 0 Å². The first kappa shape index (κ1) is 22.2. The van der Waals surface area contributed by atoms with Crippen molar-refractivity contribution in [3.05, 3.63) is 23.9 Å². The van der Waals surface area contributed by atoms with Gasteiger partial charge in [-0.15, -0.1) is 0 Å². The molecule has 1 aromatic rings. The van der Waals surface area contributed by atoms with Crippen LogP contribution in [0.5, 0.6) is 0 Å². The molecule has 1 aromatic heterocycles. The largest absolute Gasteiger partial charge is 0.480 e. The predicted molar refractivity (Wildman–Crippen MR) is 93.2 cm³/mol. The fourth-order valence-corrected chi connectivity index (χ4v) is 2.33. The van der Waals surface area contributed by atoms with Gasteiger partial charge in [0.25, 0.3) is 0 Å². The molecule has 0 saturated carbocycles. The van der Waals surface area contributed by atoms with Crippen LogP contribution in [0.2, 0.25) is 0 Å². The molecule has 0 fully saturated rings. The third kappa shape index (κ3) is 7.61. The van der Waals surface area contributed by atoms with E-state index < -0.39 is 30.3 Å². The summed E-state index contributed by atoms with van der Waals surface area (Å²) in [6, 6.07) is -1.64. The van der Waals surface area contributed by atoms with E-state index in [0.717, 1.165) is 44.3 Å². The van der Waals surface area contributed by atoms with Gasteiger partial charge in [0.1, 0.15) is 18.2 Å². The molecule has 0 spiro atoms. The van der Waals surface area contributed by atoms with Crippen LogP contribution in [0.15, 0.2) is 16.7 Å². The number of carboxylic acids is 1. The Morgan fingerprint density at radius 2 is 1.92 bits per heavy atom. The van der Waals surface area contributed by atoms with E-state index in [-0.39, 0.29) is 6.42 Å². The standard InChI is InChI=1S/C17H29N3O6/c1-2-12-19-13(26-20-12)10-8-6-4-3-5-7-9-11(21)15(22)16(23)14(18)17(24)25/h5,7,11,14-16,21-23H,2-4,6,8-10,18H2,1H3,(H,24,25). The van der Waals surface area contributed by atoms with Crippen molar-refractivity contribution in [2.24, 2.45) is 5.73 Å². The van der Waals surface area contributed by atoms with E-state index in [0.29, 0.717) is 5.89 Å². The normalized spacial score (nSPS) is 16.5. The van der Waals surface area contributed by atoms with Gasteiger partial charge in [0.05, 0.1) is 6.10 Å². The maximum absolute atomic E-state index is 10.7. The van der Waals surface area contributed by atoms with Crippen LogP contribution in [0.4, 0.5) is 0 Å². The Balaban J connectivity index is 2.15. The van der Waals surface area contributed by atoms with Gasteiger partial charge in [-0.25, -0.2) is 0 Å². The predicted octanol–water partition coefficient (Wildman–Crippen LogP) is 0.176. The highest BCUT2D eigenvalue weighted by Crippen LogP contribution is 2.10. The van der Waals surface area contributed by atoms with Crippen molar-refractivity contribution in [1.82, 2.24) is 10.1 Å². The number of rotatable bonds is 13. The lowest BCUT2D eigenvalue weighted by atomic mass is 9.99. The molecular weight excluding hydrogens is 342 g/mol. The minimum absolute atomic E-state index is 0.104. The summed E-state index contributed by atoms with van der Waals surface area (Å²) >= 11 is 0. The molecule has 9 nitrogen and oxygen atoms in total. The van der Waals surface area contributed by atoms with E-state index in [4.69, 9.17) is 15.4 Å². The van der Waals surface area contributed by atoms with Gasteiger partial charge in [-0.2, -0.15) is 4.98 Å². The molecule has 0 radical (unpaired) electrons. The Morgan fingerprint density at radius 3 is 2.54 bits per heavy atom. The number of hydrogen-bond acceptors (Lipinski definition) is 8. The lowest BCUT2D eigenvalue weighted by Crippen LogP contribution is -2.51. The summed E-state index contributed by atoms with van der Waals surface area (Å²) in [4.78, 5) is 14.9. The quantitative estimate of drug-likeness (QED) is 0.240. The number of aromatic nitrogens is 2. The molecule has 0 bridgehead atoms. The van der Waals surface area contributed by atoms with Crippen LogP contribution in [0.25, 0.3) is 0 Å². The summed E-state index contributed by atoms with van der Waals surface area (Å²) in [6.45, 7) is 1.97. The van der Waals surface area contributed by atoms with E-state index >= 15 is 0 Å². The Morgan fingerprint density at radius 1 is 1.19 bits per heavy atom. The van der Waals surface area contributed by atoms with Gasteiger partial charge in [0.15, 0.2) is 5.82 Å². The summed E-state index contributed by atoms with van der Waals surface area (Å²) in [6.07, 6.45) is 4.26. The highest BCUT2D eigenvalue weighted by molar-refractivity contribution is 5.74. The topological polar surface area (TPSA) is 163 Å². The van der Waals surface area contributed by atoms with Crippen LogP contribution >= 0.6 is 0 Å². The zero-order valence-corrected chi connectivity index (χ0v) is 15.0. The molecule has 0 amide bonds. The monoisotopic (exact) mass is 371 g/mol. The SMILES string of the molecule is CCc1noc(CCCCCC=CCC(O)C(O)C(O)C(N)C(=O)O)n1. The number of allylic oxidation sites excluding steroid dienone is 1. The minimum atomic E-state index is -1.73. The van der Waals surface area contributed by atoms with Crippen LogP contribution in [0.3, 0.4) is 0 Å². The van der Waals surface area contributed by atoms with Crippen molar-refractivity contribution in [3.8, 4) is 0 Å². The first-order valence-corrected chi connectivity index (χ1v) is 8.85. The van der Waals surface area contributed by atoms with E-state index in [1.807, 2.05) is 13.0 Å². The molecule has 0 aliphatic carbocycles. The molecule has 0 aromatic carbocycles. The highest BCUT2D eigenvalue weighted by atomic mass is 16.5. The van der Waals surface area contributed by atoms with Gasteiger partial charge in [-0.1, -0.05) is 30.7 Å². The number of nitrogens with two attached hydrogens (primary N) is 1. The molecule has 9 heteroatoms. The molecule has 6 N–H and O–H groups in total. The minimum Gasteiger partial charge on any atom is -0.480 e. The van der Waals surface area contributed by atoms with E-state index in [1.54, 1.807) is 6.08 Å². The number of nitrogens with zero attached hydrogens (tertiary/aromatic N) is 2. The number of aliphatic hydroxyl groups excluding tert-OH is 3. The Bertz CT molecular complexity index is 562. The Hall–Kier alpha value is -1.81. The third-order valence-corrected chi connectivity index (χ3v) is 4.03. The lowest BCUT2D eigenvalue weighted by molar-refractivity contribution is -0.145. The fraction of sp³-hybridized carbons (Fsp3) is 0.706. The molecule has 0 saturated heterocycles. The summed E-state index contributed by atoms with van der Waals surface area (Å²) in [5.41, 5.74) is 5.22. The molecule has 0 aliphatic rings. The molecule has 148 valence electrons. The second-order valence-corrected chi connectivity index (χ2v) is 6.18. The Labute approximate surface area is 152 Å². The van der Waals surface area contributed by atoms with Crippen LogP contribution < -0.4 is 5.73 Å². The van der Waals surface area contributed by atoms with Gasteiger partial charge < -0.3 is 30.7 Å². The average molecular weight is 371 g/mol. The molecule has 4 atom stereocenters. The van der Waals surface area contributed by atoms with E-state index in [1.165, 1.54) is 0 Å². The van der Waals surface area contributed by atoms with E-state index in [2.05, 4.69) is 10.1 Å². The van der Waals surface area contributed by atoms with Crippen LogP contribution in [-0.4, -0.2) is 60.9 Å². The maximum Gasteiger partial charge on any atom is 0.323 e. The third-order valence-electron chi connectivity index (χ3n) is 4.03. The van der Waals surface area contributed by atoms with Gasteiger partial charge in [-0.05, 0) is 25.7 Å². The van der Waals surface area contributed by atoms with Crippen LogP contribution in [0, 0.1) is 0 Å². The smallest absolute Gasteiger partial charge is 0.323 e. The van der Waals surface area contributed by atoms with Crippen LogP contribution in [-0.2, 0) is 17.6 Å². The molecule has 1 rings (SSSR count). The molecule has 26 heavy (non-hydrogen) atoms. The molecule has 1 heterocycles. The van der Waals surface area contributed by atoms with Crippen molar-refractivity contribution >= 4 is 5.97 Å². The van der Waals surface area contributed by atoms with Crippen LogP contribution in [0.1, 0.15) is 50.7 Å². The van der Waals surface area contributed by atoms with Crippen molar-refractivity contribution in [1.29, 1.82) is 0 Å². The van der Waals surface area contributed by atoms with Gasteiger partial charge in [0, 0.05) is 12.8 Å².